The lowest BCUT2D eigenvalue weighted by Crippen LogP contribution is -2.06. The average Bonchev–Trinajstić information content (AvgIpc) is 1.79. The lowest BCUT2D eigenvalue weighted by Gasteiger charge is -2.03. The molecule has 0 amide bonds. The van der Waals surface area contributed by atoms with Crippen molar-refractivity contribution in [2.45, 2.75) is 0 Å². The van der Waals surface area contributed by atoms with Gasteiger partial charge < -0.3 is 0 Å². The van der Waals surface area contributed by atoms with E-state index < -0.39 is 16.5 Å². The van der Waals surface area contributed by atoms with Crippen LogP contribution in [0.4, 0.5) is 7.77 Å². The maximum absolute atomic E-state index is 11.8. The second kappa shape index (κ2) is 4.10. The Bertz CT molecular complexity index is 241. The smallest absolute Gasteiger partial charge is 0.225 e. The minimum Gasteiger partial charge on any atom is -0.225 e. The predicted octanol–water partition coefficient (Wildman–Crippen LogP) is 0.664. The monoisotopic (exact) mass is 183 g/mol. The molecule has 0 aromatic heterocycles. The Kier molecular flexibility index (Phi) is 3.78. The number of rotatable bonds is 4. The summed E-state index contributed by atoms with van der Waals surface area (Å²) in [6.07, 6.45) is 1.16. The molecule has 0 heterocycles. The van der Waals surface area contributed by atoms with Crippen LogP contribution in [0, 0.1) is 0 Å². The summed E-state index contributed by atoms with van der Waals surface area (Å²) in [4.78, 5) is 12.5. The molecular formula is C5H7F2NO2S. The van der Waals surface area contributed by atoms with Crippen LogP contribution < -0.4 is 0 Å². The van der Waals surface area contributed by atoms with E-state index in [0.29, 0.717) is 0 Å². The average molecular weight is 183 g/mol. The van der Waals surface area contributed by atoms with Crippen molar-refractivity contribution >= 4 is 16.8 Å². The van der Waals surface area contributed by atoms with Gasteiger partial charge in [-0.3, -0.25) is 0 Å². The van der Waals surface area contributed by atoms with Crippen LogP contribution in [0.2, 0.25) is 0 Å². The molecule has 0 rings (SSSR count). The van der Waals surface area contributed by atoms with E-state index in [-0.39, 0.29) is 12.1 Å². The molecule has 0 atom stereocenters. The zero-order chi connectivity index (χ0) is 8.91. The normalized spacial score (nSPS) is 11.8. The second-order valence-corrected chi connectivity index (χ2v) is 3.34. The van der Waals surface area contributed by atoms with Crippen molar-refractivity contribution in [3.63, 3.8) is 0 Å². The van der Waals surface area contributed by atoms with Gasteiger partial charge in [0.25, 0.3) is 0 Å². The van der Waals surface area contributed by atoms with Crippen LogP contribution in [-0.2, 0) is 15.5 Å². The summed E-state index contributed by atoms with van der Waals surface area (Å²) in [5, 5.41) is 0. The molecule has 0 aromatic carbocycles. The number of hydrogen-bond acceptors (Lipinski definition) is 3. The van der Waals surface area contributed by atoms with Gasteiger partial charge in [0.05, 0.1) is 12.3 Å². The number of aliphatic imine (C=N–C) groups is 1. The highest BCUT2D eigenvalue weighted by Gasteiger charge is 2.10. The molecule has 0 aliphatic carbocycles. The first-order chi connectivity index (χ1) is 4.95. The molecule has 0 saturated carbocycles. The van der Waals surface area contributed by atoms with Crippen LogP contribution in [-0.4, -0.2) is 22.6 Å². The molecule has 64 valence electrons. The Morgan fingerprint density at radius 1 is 1.64 bits per heavy atom. The summed E-state index contributed by atoms with van der Waals surface area (Å²) in [6, 6.07) is 0. The zero-order valence-electron chi connectivity index (χ0n) is 5.59. The van der Waals surface area contributed by atoms with Crippen molar-refractivity contribution in [2.75, 3.05) is 12.3 Å². The van der Waals surface area contributed by atoms with Crippen LogP contribution in [0.15, 0.2) is 17.1 Å². The van der Waals surface area contributed by atoms with Crippen molar-refractivity contribution in [3.8, 4) is 0 Å². The Hall–Kier alpha value is -0.870. The fourth-order valence-corrected chi connectivity index (χ4v) is 1.08. The van der Waals surface area contributed by atoms with Gasteiger partial charge in [0.1, 0.15) is 0 Å². The fraction of sp³-hybridized carbons (Fsp3) is 0.400. The number of halogens is 2. The molecule has 3 nitrogen and oxygen atoms in total. The number of thiol groups is 1. The molecule has 0 radical (unpaired) electrons. The van der Waals surface area contributed by atoms with E-state index in [4.69, 9.17) is 0 Å². The summed E-state index contributed by atoms with van der Waals surface area (Å²) in [7, 11) is -5.05. The minimum atomic E-state index is -5.05. The molecule has 6 heteroatoms. The van der Waals surface area contributed by atoms with Crippen molar-refractivity contribution in [1.29, 1.82) is 0 Å². The van der Waals surface area contributed by atoms with Crippen LogP contribution in [0.1, 0.15) is 0 Å². The third-order valence-corrected chi connectivity index (χ3v) is 1.59. The second-order valence-electron chi connectivity index (χ2n) is 1.89. The van der Waals surface area contributed by atoms with Crippen LogP contribution in [0.5, 0.6) is 0 Å². The summed E-state index contributed by atoms with van der Waals surface area (Å²) < 4.78 is 33.4. The predicted molar refractivity (Wildman–Crippen MR) is 38.7 cm³/mol. The Morgan fingerprint density at radius 3 is 2.55 bits per heavy atom. The zero-order valence-corrected chi connectivity index (χ0v) is 6.48. The van der Waals surface area contributed by atoms with E-state index in [2.05, 4.69) is 11.6 Å². The van der Waals surface area contributed by atoms with Gasteiger partial charge in [-0.15, -0.1) is 7.77 Å². The third kappa shape index (κ3) is 7.02. The van der Waals surface area contributed by atoms with Gasteiger partial charge in [-0.1, -0.05) is 6.58 Å². The van der Waals surface area contributed by atoms with Gasteiger partial charge in [0.15, 0.2) is 10.7 Å². The molecule has 0 aliphatic heterocycles. The molecule has 0 aliphatic rings. The number of hydrogen-bond donors (Lipinski definition) is 1. The van der Waals surface area contributed by atoms with Crippen molar-refractivity contribution in [2.24, 2.45) is 4.99 Å². The molecule has 0 fully saturated rings. The first kappa shape index (κ1) is 10.1. The van der Waals surface area contributed by atoms with E-state index in [0.717, 1.165) is 6.08 Å². The van der Waals surface area contributed by atoms with E-state index in [9.17, 15) is 16.8 Å². The van der Waals surface area contributed by atoms with Gasteiger partial charge >= 0.3 is 0 Å². The maximum atomic E-state index is 11.8. The fourth-order valence-electron chi connectivity index (χ4n) is 0.454. The molecular weight excluding hydrogens is 176 g/mol. The number of nitrogens with zero attached hydrogens (tertiary/aromatic N) is 1. The molecule has 0 spiro atoms. The number of isocyanates is 1. The Labute approximate surface area is 63.8 Å². The Balaban J connectivity index is 3.89. The third-order valence-electron chi connectivity index (χ3n) is 0.775. The van der Waals surface area contributed by atoms with Gasteiger partial charge in [-0.25, -0.2) is 14.0 Å². The SMILES string of the molecule is C=C(CN=C=O)C[SH](=O)(F)F. The van der Waals surface area contributed by atoms with Gasteiger partial charge in [0.2, 0.25) is 6.08 Å². The highest BCUT2D eigenvalue weighted by molar-refractivity contribution is 7.93. The van der Waals surface area contributed by atoms with Gasteiger partial charge in [-0.05, 0) is 5.57 Å². The van der Waals surface area contributed by atoms with E-state index in [1.807, 2.05) is 0 Å². The summed E-state index contributed by atoms with van der Waals surface area (Å²) in [5.41, 5.74) is -0.0262. The first-order valence-corrected chi connectivity index (χ1v) is 4.32. The first-order valence-electron chi connectivity index (χ1n) is 2.64. The largest absolute Gasteiger partial charge is 0.235 e. The maximum Gasteiger partial charge on any atom is 0.235 e. The topological polar surface area (TPSA) is 46.5 Å². The van der Waals surface area contributed by atoms with E-state index in [1.165, 1.54) is 0 Å². The molecule has 0 saturated heterocycles. The highest BCUT2D eigenvalue weighted by Crippen LogP contribution is 2.11. The molecule has 0 N–H and O–H groups in total. The minimum absolute atomic E-state index is 0.0262. The van der Waals surface area contributed by atoms with Crippen LogP contribution >= 0.6 is 0 Å². The lowest BCUT2D eigenvalue weighted by atomic mass is 10.4. The van der Waals surface area contributed by atoms with E-state index in [1.54, 1.807) is 0 Å². The van der Waals surface area contributed by atoms with Gasteiger partial charge in [-0.2, -0.15) is 0 Å². The number of carbonyl (C=O) groups excluding carboxylic acids is 1. The van der Waals surface area contributed by atoms with Crippen molar-refractivity contribution in [3.05, 3.63) is 12.2 Å². The quantitative estimate of drug-likeness (QED) is 0.229. The van der Waals surface area contributed by atoms with Crippen LogP contribution in [0.3, 0.4) is 0 Å². The van der Waals surface area contributed by atoms with Crippen molar-refractivity contribution in [1.82, 2.24) is 0 Å². The molecule has 0 unspecified atom stereocenters. The summed E-state index contributed by atoms with van der Waals surface area (Å²) in [5.74, 6) is -0.877. The van der Waals surface area contributed by atoms with Crippen LogP contribution in [0.25, 0.3) is 0 Å². The van der Waals surface area contributed by atoms with Crippen molar-refractivity contribution < 1.29 is 16.8 Å². The van der Waals surface area contributed by atoms with E-state index >= 15 is 0 Å². The summed E-state index contributed by atoms with van der Waals surface area (Å²) in [6.45, 7) is 2.92. The molecule has 0 aromatic rings. The molecule has 0 bridgehead atoms. The lowest BCUT2D eigenvalue weighted by molar-refractivity contribution is 0.562. The molecule has 11 heavy (non-hydrogen) atoms. The standard InChI is InChI=1S/C5H7F2NO2S/c1-5(2-8-4-9)3-11(6,7)10/h11H,1-3H2. The highest BCUT2D eigenvalue weighted by atomic mass is 32.3. The Morgan fingerprint density at radius 2 is 2.18 bits per heavy atom. The van der Waals surface area contributed by atoms with Gasteiger partial charge in [0, 0.05) is 0 Å². The summed E-state index contributed by atoms with van der Waals surface area (Å²) >= 11 is 0.